The minimum atomic E-state index is -0.0412. The monoisotopic (exact) mass is 222 g/mol. The van der Waals surface area contributed by atoms with E-state index in [1.165, 1.54) is 0 Å². The zero-order valence-electron chi connectivity index (χ0n) is 9.52. The number of nitrogens with one attached hydrogen (secondary N) is 1. The molecule has 0 aromatic carbocycles. The van der Waals surface area contributed by atoms with Gasteiger partial charge >= 0.3 is 0 Å². The summed E-state index contributed by atoms with van der Waals surface area (Å²) in [6.45, 7) is 0. The third-order valence-corrected chi connectivity index (χ3v) is 3.16. The Morgan fingerprint density at radius 1 is 1.50 bits per heavy atom. The lowest BCUT2D eigenvalue weighted by molar-refractivity contribution is 0.0916. The molecule has 1 aliphatic rings. The van der Waals surface area contributed by atoms with Crippen LogP contribution in [-0.4, -0.2) is 27.8 Å². The van der Waals surface area contributed by atoms with Crippen LogP contribution in [0, 0.1) is 0 Å². The van der Waals surface area contributed by atoms with E-state index in [9.17, 15) is 4.79 Å². The van der Waals surface area contributed by atoms with Gasteiger partial charge in [-0.1, -0.05) is 0 Å². The molecule has 1 amide bonds. The molecule has 2 rings (SSSR count). The van der Waals surface area contributed by atoms with Crippen LogP contribution in [0.2, 0.25) is 0 Å². The predicted octanol–water partition coefficient (Wildman–Crippen LogP) is 0.420. The number of amides is 1. The van der Waals surface area contributed by atoms with Crippen LogP contribution in [0.5, 0.6) is 0 Å². The van der Waals surface area contributed by atoms with Crippen LogP contribution >= 0.6 is 0 Å². The number of hydrogen-bond donors (Lipinski definition) is 2. The molecule has 0 spiro atoms. The summed E-state index contributed by atoms with van der Waals surface area (Å²) < 4.78 is 1.59. The van der Waals surface area contributed by atoms with Crippen LogP contribution in [-0.2, 0) is 7.05 Å². The van der Waals surface area contributed by atoms with Crippen molar-refractivity contribution in [2.45, 2.75) is 37.8 Å². The summed E-state index contributed by atoms with van der Waals surface area (Å²) in [5.74, 6) is -0.0412. The smallest absolute Gasteiger partial charge is 0.269 e. The molecule has 1 fully saturated rings. The van der Waals surface area contributed by atoms with E-state index in [4.69, 9.17) is 5.73 Å². The van der Waals surface area contributed by atoms with E-state index < -0.39 is 0 Å². The fraction of sp³-hybridized carbons (Fsp3) is 0.636. The maximum absolute atomic E-state index is 11.9. The van der Waals surface area contributed by atoms with E-state index in [0.717, 1.165) is 25.7 Å². The Bertz CT molecular complexity index is 366. The van der Waals surface area contributed by atoms with Crippen LogP contribution in [0.25, 0.3) is 0 Å². The van der Waals surface area contributed by atoms with Gasteiger partial charge in [-0.15, -0.1) is 0 Å². The average Bonchev–Trinajstić information content (AvgIpc) is 2.68. The summed E-state index contributed by atoms with van der Waals surface area (Å²) in [5.41, 5.74) is 6.43. The van der Waals surface area contributed by atoms with Crippen LogP contribution < -0.4 is 11.1 Å². The van der Waals surface area contributed by atoms with Crippen molar-refractivity contribution in [3.8, 4) is 0 Å². The fourth-order valence-electron chi connectivity index (χ4n) is 2.12. The van der Waals surface area contributed by atoms with Gasteiger partial charge in [0.15, 0.2) is 0 Å². The molecule has 0 aliphatic heterocycles. The van der Waals surface area contributed by atoms with Crippen LogP contribution in [0.1, 0.15) is 36.2 Å². The highest BCUT2D eigenvalue weighted by atomic mass is 16.2. The Hall–Kier alpha value is -1.36. The lowest BCUT2D eigenvalue weighted by Crippen LogP contribution is -2.41. The van der Waals surface area contributed by atoms with Gasteiger partial charge in [0, 0.05) is 25.3 Å². The molecule has 1 aromatic rings. The Balaban J connectivity index is 1.91. The lowest BCUT2D eigenvalue weighted by Gasteiger charge is -2.26. The van der Waals surface area contributed by atoms with Gasteiger partial charge in [-0.05, 0) is 31.7 Å². The van der Waals surface area contributed by atoms with E-state index in [2.05, 4.69) is 10.4 Å². The van der Waals surface area contributed by atoms with Crippen LogP contribution in [0.4, 0.5) is 0 Å². The minimum absolute atomic E-state index is 0.0412. The normalized spacial score (nSPS) is 25.4. The van der Waals surface area contributed by atoms with Crippen molar-refractivity contribution < 1.29 is 4.79 Å². The summed E-state index contributed by atoms with van der Waals surface area (Å²) in [5, 5.41) is 7.01. The summed E-state index contributed by atoms with van der Waals surface area (Å²) in [6.07, 6.45) is 5.58. The zero-order chi connectivity index (χ0) is 11.5. The van der Waals surface area contributed by atoms with E-state index in [-0.39, 0.29) is 11.9 Å². The number of aromatic nitrogens is 2. The third-order valence-electron chi connectivity index (χ3n) is 3.16. The summed E-state index contributed by atoms with van der Waals surface area (Å²) >= 11 is 0. The number of carbonyl (C=O) groups is 1. The Kier molecular flexibility index (Phi) is 3.24. The number of rotatable bonds is 2. The van der Waals surface area contributed by atoms with Gasteiger partial charge in [0.1, 0.15) is 5.69 Å². The van der Waals surface area contributed by atoms with Crippen molar-refractivity contribution in [1.29, 1.82) is 0 Å². The van der Waals surface area contributed by atoms with Gasteiger partial charge in [0.25, 0.3) is 5.91 Å². The molecule has 88 valence electrons. The van der Waals surface area contributed by atoms with Crippen molar-refractivity contribution in [3.05, 3.63) is 18.0 Å². The summed E-state index contributed by atoms with van der Waals surface area (Å²) in [7, 11) is 1.77. The molecule has 0 radical (unpaired) electrons. The number of aryl methyl sites for hydroxylation is 1. The number of carbonyl (C=O) groups excluding carboxylic acids is 1. The molecule has 3 N–H and O–H groups in total. The van der Waals surface area contributed by atoms with Gasteiger partial charge in [0.05, 0.1) is 0 Å². The molecule has 0 atom stereocenters. The van der Waals surface area contributed by atoms with Crippen molar-refractivity contribution in [2.24, 2.45) is 12.8 Å². The summed E-state index contributed by atoms with van der Waals surface area (Å²) in [6, 6.07) is 2.30. The highest BCUT2D eigenvalue weighted by Gasteiger charge is 2.21. The Morgan fingerprint density at radius 3 is 2.75 bits per heavy atom. The molecule has 5 heteroatoms. The van der Waals surface area contributed by atoms with E-state index in [1.54, 1.807) is 24.0 Å². The molecule has 16 heavy (non-hydrogen) atoms. The first-order valence-electron chi connectivity index (χ1n) is 5.71. The van der Waals surface area contributed by atoms with Crippen LogP contribution in [0.3, 0.4) is 0 Å². The molecular weight excluding hydrogens is 204 g/mol. The largest absolute Gasteiger partial charge is 0.348 e. The maximum atomic E-state index is 11.9. The van der Waals surface area contributed by atoms with Crippen molar-refractivity contribution in [3.63, 3.8) is 0 Å². The first-order valence-corrected chi connectivity index (χ1v) is 5.71. The molecule has 0 saturated heterocycles. The molecule has 1 heterocycles. The standard InChI is InChI=1S/C11H18N4O/c1-15-10(6-7-13-15)11(16)14-9-4-2-8(12)3-5-9/h6-9H,2-5,12H2,1H3,(H,14,16)/t8-,9-. The van der Waals surface area contributed by atoms with Gasteiger partial charge in [-0.25, -0.2) is 0 Å². The second kappa shape index (κ2) is 4.65. The predicted molar refractivity (Wildman–Crippen MR) is 60.9 cm³/mol. The van der Waals surface area contributed by atoms with Crippen molar-refractivity contribution in [1.82, 2.24) is 15.1 Å². The Labute approximate surface area is 95.0 Å². The van der Waals surface area contributed by atoms with Gasteiger partial charge in [0.2, 0.25) is 0 Å². The number of nitrogens with two attached hydrogens (primary N) is 1. The van der Waals surface area contributed by atoms with E-state index in [1.807, 2.05) is 0 Å². The molecule has 0 unspecified atom stereocenters. The van der Waals surface area contributed by atoms with Crippen molar-refractivity contribution in [2.75, 3.05) is 0 Å². The summed E-state index contributed by atoms with van der Waals surface area (Å²) in [4.78, 5) is 11.9. The average molecular weight is 222 g/mol. The van der Waals surface area contributed by atoms with Crippen LogP contribution in [0.15, 0.2) is 12.3 Å². The molecule has 0 bridgehead atoms. The van der Waals surface area contributed by atoms with Crippen molar-refractivity contribution >= 4 is 5.91 Å². The molecular formula is C11H18N4O. The third kappa shape index (κ3) is 2.41. The van der Waals surface area contributed by atoms with Gasteiger partial charge in [-0.3, -0.25) is 9.48 Å². The zero-order valence-corrected chi connectivity index (χ0v) is 9.52. The lowest BCUT2D eigenvalue weighted by atomic mass is 9.92. The first kappa shape index (κ1) is 11.1. The Morgan fingerprint density at radius 2 is 2.19 bits per heavy atom. The number of hydrogen-bond acceptors (Lipinski definition) is 3. The van der Waals surface area contributed by atoms with Gasteiger partial charge < -0.3 is 11.1 Å². The molecule has 5 nitrogen and oxygen atoms in total. The molecule has 1 aliphatic carbocycles. The second-order valence-electron chi connectivity index (χ2n) is 4.43. The highest BCUT2D eigenvalue weighted by Crippen LogP contribution is 2.17. The molecule has 1 saturated carbocycles. The van der Waals surface area contributed by atoms with Gasteiger partial charge in [-0.2, -0.15) is 5.10 Å². The highest BCUT2D eigenvalue weighted by molar-refractivity contribution is 5.92. The first-order chi connectivity index (χ1) is 7.66. The number of nitrogens with zero attached hydrogens (tertiary/aromatic N) is 2. The quantitative estimate of drug-likeness (QED) is 0.761. The topological polar surface area (TPSA) is 72.9 Å². The maximum Gasteiger partial charge on any atom is 0.269 e. The van der Waals surface area contributed by atoms with E-state index >= 15 is 0 Å². The SMILES string of the molecule is Cn1nccc1C(=O)N[C@H]1CC[C@H](N)CC1. The second-order valence-corrected chi connectivity index (χ2v) is 4.43. The molecule has 1 aromatic heterocycles. The van der Waals surface area contributed by atoms with E-state index in [0.29, 0.717) is 11.7 Å². The minimum Gasteiger partial charge on any atom is -0.348 e. The fourth-order valence-corrected chi connectivity index (χ4v) is 2.12.